The predicted octanol–water partition coefficient (Wildman–Crippen LogP) is 1.21. The highest BCUT2D eigenvalue weighted by Crippen LogP contribution is 2.38. The summed E-state index contributed by atoms with van der Waals surface area (Å²) in [6.07, 6.45) is 4.27. The van der Waals surface area contributed by atoms with E-state index in [1.165, 1.54) is 27.2 Å². The monoisotopic (exact) mass is 298 g/mol. The average Bonchev–Trinajstić information content (AvgIpc) is 3.14. The third-order valence-corrected chi connectivity index (χ3v) is 4.44. The fourth-order valence-corrected chi connectivity index (χ4v) is 3.60. The lowest BCUT2D eigenvalue weighted by atomic mass is 10.1. The number of aryl methyl sites for hydroxylation is 1. The van der Waals surface area contributed by atoms with Crippen LogP contribution in [0.3, 0.4) is 0 Å². The second-order valence-electron chi connectivity index (χ2n) is 4.60. The van der Waals surface area contributed by atoms with Gasteiger partial charge in [-0.1, -0.05) is 0 Å². The highest BCUT2D eigenvalue weighted by molar-refractivity contribution is 7.16. The van der Waals surface area contributed by atoms with Gasteiger partial charge in [0.2, 0.25) is 5.91 Å². The van der Waals surface area contributed by atoms with Gasteiger partial charge in [-0.3, -0.25) is 4.79 Å². The molecule has 8 heteroatoms. The Balaban J connectivity index is 1.74. The standard InChI is InChI=1S/C13H10N6OS/c14-4-9-8-2-1-3-10(8)21-13(9)17-12(20)6-19-7-16-11(5-15)18-19/h7H,1-3,6H2,(H,17,20). The Labute approximate surface area is 124 Å². The normalized spacial score (nSPS) is 12.5. The highest BCUT2D eigenvalue weighted by Gasteiger charge is 2.23. The van der Waals surface area contributed by atoms with Crippen LogP contribution in [0.1, 0.15) is 28.2 Å². The number of fused-ring (bicyclic) bond motifs is 1. The molecule has 2 heterocycles. The minimum atomic E-state index is -0.291. The number of hydrogen-bond donors (Lipinski definition) is 1. The quantitative estimate of drug-likeness (QED) is 0.916. The van der Waals surface area contributed by atoms with E-state index in [1.54, 1.807) is 6.07 Å². The molecule has 1 aliphatic rings. The van der Waals surface area contributed by atoms with Gasteiger partial charge < -0.3 is 5.32 Å². The Kier molecular flexibility index (Phi) is 3.38. The van der Waals surface area contributed by atoms with Crippen molar-refractivity contribution in [2.45, 2.75) is 25.8 Å². The van der Waals surface area contributed by atoms with Crippen LogP contribution in [0, 0.1) is 22.7 Å². The van der Waals surface area contributed by atoms with E-state index in [9.17, 15) is 10.1 Å². The summed E-state index contributed by atoms with van der Waals surface area (Å²) < 4.78 is 1.29. The Hall–Kier alpha value is -2.71. The van der Waals surface area contributed by atoms with E-state index in [2.05, 4.69) is 21.5 Å². The number of carbonyl (C=O) groups excluding carboxylic acids is 1. The molecule has 2 aromatic rings. The van der Waals surface area contributed by atoms with Gasteiger partial charge in [-0.15, -0.1) is 16.4 Å². The summed E-state index contributed by atoms with van der Waals surface area (Å²) in [5.74, 6) is -0.267. The maximum atomic E-state index is 12.0. The van der Waals surface area contributed by atoms with Crippen molar-refractivity contribution in [3.05, 3.63) is 28.2 Å². The van der Waals surface area contributed by atoms with E-state index in [1.807, 2.05) is 0 Å². The fraction of sp³-hybridized carbons (Fsp3) is 0.308. The Morgan fingerprint density at radius 2 is 2.29 bits per heavy atom. The van der Waals surface area contributed by atoms with Crippen LogP contribution in [0.15, 0.2) is 6.33 Å². The van der Waals surface area contributed by atoms with Crippen molar-refractivity contribution in [2.75, 3.05) is 5.32 Å². The summed E-state index contributed by atoms with van der Waals surface area (Å²) in [4.78, 5) is 16.9. The summed E-state index contributed by atoms with van der Waals surface area (Å²) in [5, 5.41) is 25.1. The third kappa shape index (κ3) is 2.49. The molecule has 0 spiro atoms. The molecular formula is C13H10N6OS. The summed E-state index contributed by atoms with van der Waals surface area (Å²) in [5.41, 5.74) is 1.66. The predicted molar refractivity (Wildman–Crippen MR) is 74.4 cm³/mol. The van der Waals surface area contributed by atoms with Gasteiger partial charge >= 0.3 is 0 Å². The smallest absolute Gasteiger partial charge is 0.252 e. The molecule has 21 heavy (non-hydrogen) atoms. The molecule has 0 aliphatic heterocycles. The van der Waals surface area contributed by atoms with Gasteiger partial charge in [0.1, 0.15) is 30.0 Å². The lowest BCUT2D eigenvalue weighted by molar-refractivity contribution is -0.116. The van der Waals surface area contributed by atoms with Gasteiger partial charge in [0.25, 0.3) is 5.82 Å². The van der Waals surface area contributed by atoms with Gasteiger partial charge in [0, 0.05) is 4.88 Å². The maximum Gasteiger partial charge on any atom is 0.252 e. The van der Waals surface area contributed by atoms with Crippen LogP contribution in [-0.4, -0.2) is 20.7 Å². The maximum absolute atomic E-state index is 12.0. The topological polar surface area (TPSA) is 107 Å². The molecule has 1 amide bonds. The first-order chi connectivity index (χ1) is 10.2. The lowest BCUT2D eigenvalue weighted by Crippen LogP contribution is -2.19. The Bertz CT molecular complexity index is 791. The second kappa shape index (κ2) is 5.35. The van der Waals surface area contributed by atoms with Crippen LogP contribution in [0.2, 0.25) is 0 Å². The van der Waals surface area contributed by atoms with Gasteiger partial charge in [-0.2, -0.15) is 10.5 Å². The molecular weight excluding hydrogens is 288 g/mol. The number of nitrogens with zero attached hydrogens (tertiary/aromatic N) is 5. The zero-order chi connectivity index (χ0) is 14.8. The van der Waals surface area contributed by atoms with Gasteiger partial charge in [-0.25, -0.2) is 9.67 Å². The van der Waals surface area contributed by atoms with E-state index in [4.69, 9.17) is 5.26 Å². The number of rotatable bonds is 3. The van der Waals surface area contributed by atoms with Crippen LogP contribution < -0.4 is 5.32 Å². The number of nitriles is 2. The molecule has 0 radical (unpaired) electrons. The summed E-state index contributed by atoms with van der Waals surface area (Å²) in [7, 11) is 0. The number of thiophene rings is 1. The molecule has 3 rings (SSSR count). The minimum absolute atomic E-state index is 0.0237. The molecule has 0 atom stereocenters. The van der Waals surface area contributed by atoms with Gasteiger partial charge in [0.15, 0.2) is 0 Å². The largest absolute Gasteiger partial charge is 0.315 e. The van der Waals surface area contributed by atoms with Gasteiger partial charge in [-0.05, 0) is 24.8 Å². The first-order valence-electron chi connectivity index (χ1n) is 6.35. The fourth-order valence-electron chi connectivity index (χ4n) is 2.35. The number of carbonyl (C=O) groups is 1. The summed E-state index contributed by atoms with van der Waals surface area (Å²) >= 11 is 1.47. The van der Waals surface area contributed by atoms with Crippen molar-refractivity contribution in [2.24, 2.45) is 0 Å². The number of amides is 1. The molecule has 0 saturated carbocycles. The summed E-state index contributed by atoms with van der Waals surface area (Å²) in [6.45, 7) is -0.0396. The molecule has 1 N–H and O–H groups in total. The van der Waals surface area contributed by atoms with Crippen molar-refractivity contribution >= 4 is 22.2 Å². The molecule has 1 aliphatic carbocycles. The molecule has 7 nitrogen and oxygen atoms in total. The lowest BCUT2D eigenvalue weighted by Gasteiger charge is -2.03. The Morgan fingerprint density at radius 3 is 3.00 bits per heavy atom. The summed E-state index contributed by atoms with van der Waals surface area (Å²) in [6, 6.07) is 3.98. The van der Waals surface area contributed by atoms with Crippen LogP contribution in [-0.2, 0) is 24.2 Å². The molecule has 0 saturated heterocycles. The molecule has 104 valence electrons. The van der Waals surface area contributed by atoms with Crippen molar-refractivity contribution < 1.29 is 4.79 Å². The van der Waals surface area contributed by atoms with E-state index in [0.29, 0.717) is 10.6 Å². The van der Waals surface area contributed by atoms with Crippen molar-refractivity contribution in [3.63, 3.8) is 0 Å². The SMILES string of the molecule is N#Cc1ncn(CC(=O)Nc2sc3c(c2C#N)CCC3)n1. The zero-order valence-corrected chi connectivity index (χ0v) is 11.8. The zero-order valence-electron chi connectivity index (χ0n) is 11.0. The van der Waals surface area contributed by atoms with E-state index in [-0.39, 0.29) is 18.3 Å². The van der Waals surface area contributed by atoms with Crippen LogP contribution in [0.4, 0.5) is 5.00 Å². The second-order valence-corrected chi connectivity index (χ2v) is 5.70. The number of anilines is 1. The van der Waals surface area contributed by atoms with Crippen molar-refractivity contribution in [1.29, 1.82) is 10.5 Å². The van der Waals surface area contributed by atoms with Crippen molar-refractivity contribution in [1.82, 2.24) is 14.8 Å². The van der Waals surface area contributed by atoms with Gasteiger partial charge in [0.05, 0.1) is 5.56 Å². The van der Waals surface area contributed by atoms with Crippen LogP contribution >= 0.6 is 11.3 Å². The van der Waals surface area contributed by atoms with E-state index >= 15 is 0 Å². The third-order valence-electron chi connectivity index (χ3n) is 3.23. The van der Waals surface area contributed by atoms with E-state index in [0.717, 1.165) is 24.8 Å². The van der Waals surface area contributed by atoms with Crippen molar-refractivity contribution in [3.8, 4) is 12.1 Å². The minimum Gasteiger partial charge on any atom is -0.315 e. The van der Waals surface area contributed by atoms with Crippen LogP contribution in [0.5, 0.6) is 0 Å². The van der Waals surface area contributed by atoms with Crippen LogP contribution in [0.25, 0.3) is 0 Å². The molecule has 0 aromatic carbocycles. The number of nitrogens with one attached hydrogen (secondary N) is 1. The van der Waals surface area contributed by atoms with E-state index < -0.39 is 0 Å². The first-order valence-corrected chi connectivity index (χ1v) is 7.17. The number of aromatic nitrogens is 3. The first kappa shape index (κ1) is 13.3. The molecule has 0 fully saturated rings. The molecule has 2 aromatic heterocycles. The highest BCUT2D eigenvalue weighted by atomic mass is 32.1. The average molecular weight is 298 g/mol. The molecule has 0 unspecified atom stereocenters. The molecule has 0 bridgehead atoms. The number of hydrogen-bond acceptors (Lipinski definition) is 6. The Morgan fingerprint density at radius 1 is 1.43 bits per heavy atom.